The summed E-state index contributed by atoms with van der Waals surface area (Å²) in [7, 11) is -3.77. The Labute approximate surface area is 187 Å². The molecule has 31 heavy (non-hydrogen) atoms. The first-order valence-electron chi connectivity index (χ1n) is 9.62. The molecule has 0 fully saturated rings. The lowest BCUT2D eigenvalue weighted by Gasteiger charge is -2.12. The van der Waals surface area contributed by atoms with Gasteiger partial charge >= 0.3 is 0 Å². The topological polar surface area (TPSA) is 84.5 Å². The second-order valence-electron chi connectivity index (χ2n) is 6.96. The number of halogens is 1. The zero-order valence-corrected chi connectivity index (χ0v) is 18.8. The SMILES string of the molecule is Cc1ccc(OCCNC(=O)c2cc(NS(=O)(=O)c3ccccc3)ccc2Cl)cc1C. The van der Waals surface area contributed by atoms with Gasteiger partial charge < -0.3 is 10.1 Å². The van der Waals surface area contributed by atoms with E-state index >= 15 is 0 Å². The fraction of sp³-hybridized carbons (Fsp3) is 0.174. The molecule has 3 rings (SSSR count). The van der Waals surface area contributed by atoms with Crippen LogP contribution < -0.4 is 14.8 Å². The van der Waals surface area contributed by atoms with Crippen molar-refractivity contribution in [1.29, 1.82) is 0 Å². The number of benzene rings is 3. The molecule has 0 saturated heterocycles. The summed E-state index contributed by atoms with van der Waals surface area (Å²) in [5, 5.41) is 2.95. The van der Waals surface area contributed by atoms with Crippen LogP contribution in [0.3, 0.4) is 0 Å². The van der Waals surface area contributed by atoms with Crippen molar-refractivity contribution in [3.05, 3.63) is 88.4 Å². The Morgan fingerprint density at radius 3 is 2.42 bits per heavy atom. The van der Waals surface area contributed by atoms with Crippen molar-refractivity contribution in [2.24, 2.45) is 0 Å². The van der Waals surface area contributed by atoms with Crippen molar-refractivity contribution in [1.82, 2.24) is 5.32 Å². The number of amides is 1. The van der Waals surface area contributed by atoms with Crippen LogP contribution in [0.1, 0.15) is 21.5 Å². The Morgan fingerprint density at radius 2 is 1.71 bits per heavy atom. The normalized spacial score (nSPS) is 11.1. The molecule has 0 radical (unpaired) electrons. The molecule has 0 spiro atoms. The van der Waals surface area contributed by atoms with Gasteiger partial charge in [0, 0.05) is 5.69 Å². The van der Waals surface area contributed by atoms with Crippen LogP contribution in [-0.4, -0.2) is 27.5 Å². The summed E-state index contributed by atoms with van der Waals surface area (Å²) >= 11 is 6.15. The molecule has 2 N–H and O–H groups in total. The number of anilines is 1. The van der Waals surface area contributed by atoms with Gasteiger partial charge in [-0.2, -0.15) is 0 Å². The fourth-order valence-electron chi connectivity index (χ4n) is 2.81. The molecule has 0 unspecified atom stereocenters. The van der Waals surface area contributed by atoms with Crippen molar-refractivity contribution in [3.8, 4) is 5.75 Å². The van der Waals surface area contributed by atoms with Gasteiger partial charge in [0.1, 0.15) is 12.4 Å². The largest absolute Gasteiger partial charge is 0.492 e. The van der Waals surface area contributed by atoms with E-state index < -0.39 is 15.9 Å². The predicted molar refractivity (Wildman–Crippen MR) is 122 cm³/mol. The standard InChI is InChI=1S/C23H23ClN2O4S/c1-16-8-10-19(14-17(16)2)30-13-12-25-23(27)21-15-18(9-11-22(21)24)26-31(28,29)20-6-4-3-5-7-20/h3-11,14-15,26H,12-13H2,1-2H3,(H,25,27). The van der Waals surface area contributed by atoms with E-state index in [1.807, 2.05) is 32.0 Å². The van der Waals surface area contributed by atoms with Crippen LogP contribution in [0.25, 0.3) is 0 Å². The van der Waals surface area contributed by atoms with Gasteiger partial charge in [0.15, 0.2) is 0 Å². The second kappa shape index (κ2) is 9.85. The summed E-state index contributed by atoms with van der Waals surface area (Å²) in [4.78, 5) is 12.7. The first kappa shape index (κ1) is 22.7. The molecule has 6 nitrogen and oxygen atoms in total. The maximum Gasteiger partial charge on any atom is 0.261 e. The summed E-state index contributed by atoms with van der Waals surface area (Å²) in [5.74, 6) is 0.308. The Bertz CT molecular complexity index is 1180. The molecule has 0 aliphatic rings. The predicted octanol–water partition coefficient (Wildman–Crippen LogP) is 4.57. The summed E-state index contributed by atoms with van der Waals surface area (Å²) in [5.41, 5.74) is 2.71. The number of aryl methyl sites for hydroxylation is 2. The molecule has 0 aromatic heterocycles. The molecule has 0 aliphatic heterocycles. The van der Waals surface area contributed by atoms with E-state index in [1.165, 1.54) is 35.9 Å². The minimum atomic E-state index is -3.77. The number of hydrogen-bond donors (Lipinski definition) is 2. The fourth-order valence-corrected chi connectivity index (χ4v) is 4.08. The molecule has 8 heteroatoms. The third-order valence-electron chi connectivity index (χ3n) is 4.65. The number of sulfonamides is 1. The van der Waals surface area contributed by atoms with Crippen molar-refractivity contribution in [2.45, 2.75) is 18.7 Å². The second-order valence-corrected chi connectivity index (χ2v) is 9.05. The number of ether oxygens (including phenoxy) is 1. The van der Waals surface area contributed by atoms with Gasteiger partial charge in [-0.15, -0.1) is 0 Å². The molecule has 0 heterocycles. The highest BCUT2D eigenvalue weighted by Crippen LogP contribution is 2.23. The van der Waals surface area contributed by atoms with E-state index in [2.05, 4.69) is 10.0 Å². The minimum Gasteiger partial charge on any atom is -0.492 e. The van der Waals surface area contributed by atoms with Gasteiger partial charge in [0.2, 0.25) is 0 Å². The zero-order valence-electron chi connectivity index (χ0n) is 17.2. The number of carbonyl (C=O) groups is 1. The monoisotopic (exact) mass is 458 g/mol. The average Bonchev–Trinajstić information content (AvgIpc) is 2.75. The number of rotatable bonds is 8. The van der Waals surface area contributed by atoms with Crippen LogP contribution >= 0.6 is 11.6 Å². The third kappa shape index (κ3) is 5.99. The Hall–Kier alpha value is -3.03. The number of hydrogen-bond acceptors (Lipinski definition) is 4. The lowest BCUT2D eigenvalue weighted by molar-refractivity contribution is 0.0947. The first-order chi connectivity index (χ1) is 14.8. The van der Waals surface area contributed by atoms with E-state index in [1.54, 1.807) is 18.2 Å². The molecule has 0 bridgehead atoms. The molecule has 0 atom stereocenters. The van der Waals surface area contributed by atoms with E-state index in [4.69, 9.17) is 16.3 Å². The molecule has 1 amide bonds. The summed E-state index contributed by atoms with van der Waals surface area (Å²) in [6.45, 7) is 4.58. The highest BCUT2D eigenvalue weighted by atomic mass is 35.5. The van der Waals surface area contributed by atoms with Crippen molar-refractivity contribution in [3.63, 3.8) is 0 Å². The summed E-state index contributed by atoms with van der Waals surface area (Å²) < 4.78 is 33.1. The van der Waals surface area contributed by atoms with Crippen LogP contribution in [0.2, 0.25) is 5.02 Å². The smallest absolute Gasteiger partial charge is 0.261 e. The lowest BCUT2D eigenvalue weighted by atomic mass is 10.1. The first-order valence-corrected chi connectivity index (χ1v) is 11.5. The third-order valence-corrected chi connectivity index (χ3v) is 6.38. The molecule has 0 aliphatic carbocycles. The highest BCUT2D eigenvalue weighted by molar-refractivity contribution is 7.92. The molecule has 3 aromatic rings. The molecular formula is C23H23ClN2O4S. The van der Waals surface area contributed by atoms with Gasteiger partial charge in [0.05, 0.1) is 22.0 Å². The highest BCUT2D eigenvalue weighted by Gasteiger charge is 2.16. The van der Waals surface area contributed by atoms with Gasteiger partial charge in [0.25, 0.3) is 15.9 Å². The Balaban J connectivity index is 1.61. The van der Waals surface area contributed by atoms with E-state index in [9.17, 15) is 13.2 Å². The quantitative estimate of drug-likeness (QED) is 0.484. The van der Waals surface area contributed by atoms with Crippen LogP contribution in [0.5, 0.6) is 5.75 Å². The van der Waals surface area contributed by atoms with Gasteiger partial charge in [-0.3, -0.25) is 9.52 Å². The number of carbonyl (C=O) groups excluding carboxylic acids is 1. The van der Waals surface area contributed by atoms with Crippen molar-refractivity contribution in [2.75, 3.05) is 17.9 Å². The van der Waals surface area contributed by atoms with E-state index in [0.717, 1.165) is 11.3 Å². The van der Waals surface area contributed by atoms with Gasteiger partial charge in [-0.1, -0.05) is 35.9 Å². The minimum absolute atomic E-state index is 0.124. The molecule has 0 saturated carbocycles. The molecule has 3 aromatic carbocycles. The summed E-state index contributed by atoms with van der Waals surface area (Å²) in [6, 6.07) is 18.2. The van der Waals surface area contributed by atoms with Crippen molar-refractivity contribution < 1.29 is 17.9 Å². The Morgan fingerprint density at radius 1 is 0.968 bits per heavy atom. The molecular weight excluding hydrogens is 436 g/mol. The van der Waals surface area contributed by atoms with Gasteiger partial charge in [-0.25, -0.2) is 8.42 Å². The summed E-state index contributed by atoms with van der Waals surface area (Å²) in [6.07, 6.45) is 0. The maximum absolute atomic E-state index is 12.5. The van der Waals surface area contributed by atoms with Crippen LogP contribution in [0.15, 0.2) is 71.6 Å². The average molecular weight is 459 g/mol. The molecule has 162 valence electrons. The van der Waals surface area contributed by atoms with Crippen molar-refractivity contribution >= 4 is 33.2 Å². The van der Waals surface area contributed by atoms with Crippen LogP contribution in [0, 0.1) is 13.8 Å². The maximum atomic E-state index is 12.5. The van der Waals surface area contributed by atoms with E-state index in [0.29, 0.717) is 0 Å². The Kier molecular flexibility index (Phi) is 7.20. The van der Waals surface area contributed by atoms with Crippen LogP contribution in [0.4, 0.5) is 5.69 Å². The van der Waals surface area contributed by atoms with Gasteiger partial charge in [-0.05, 0) is 67.4 Å². The zero-order chi connectivity index (χ0) is 22.4. The number of nitrogens with one attached hydrogen (secondary N) is 2. The van der Waals surface area contributed by atoms with Crippen LogP contribution in [-0.2, 0) is 10.0 Å². The lowest BCUT2D eigenvalue weighted by Crippen LogP contribution is -2.28. The van der Waals surface area contributed by atoms with E-state index in [-0.39, 0.29) is 34.3 Å².